The van der Waals surface area contributed by atoms with Crippen molar-refractivity contribution in [3.8, 4) is 0 Å². The first kappa shape index (κ1) is 72.0. The molecule has 0 radical (unpaired) electrons. The molecule has 0 bridgehead atoms. The summed E-state index contributed by atoms with van der Waals surface area (Å²) >= 11 is 0. The number of rotatable bonds is 60. The van der Waals surface area contributed by atoms with E-state index in [9.17, 15) is 19.4 Å². The first-order chi connectivity index (χ1) is 35.5. The fourth-order valence-electron chi connectivity index (χ4n) is 9.90. The monoisotopic (exact) mass is 1050 g/mol. The van der Waals surface area contributed by atoms with Crippen molar-refractivity contribution in [2.75, 3.05) is 40.9 Å². The molecule has 0 heterocycles. The van der Waals surface area contributed by atoms with Crippen molar-refractivity contribution in [1.82, 2.24) is 5.32 Å². The van der Waals surface area contributed by atoms with Gasteiger partial charge in [0, 0.05) is 6.42 Å². The minimum atomic E-state index is -4.32. The van der Waals surface area contributed by atoms with Crippen LogP contribution in [0.3, 0.4) is 0 Å². The summed E-state index contributed by atoms with van der Waals surface area (Å²) in [5, 5.41) is 14.1. The minimum Gasteiger partial charge on any atom is -0.391 e. The van der Waals surface area contributed by atoms with Gasteiger partial charge in [-0.3, -0.25) is 13.8 Å². The Morgan fingerprint density at radius 1 is 0.466 bits per heavy atom. The van der Waals surface area contributed by atoms with E-state index < -0.39 is 20.0 Å². The van der Waals surface area contributed by atoms with E-state index in [4.69, 9.17) is 9.05 Å². The molecule has 434 valence electrons. The number of aliphatic hydroxyl groups is 1. The zero-order chi connectivity index (χ0) is 53.5. The summed E-state index contributed by atoms with van der Waals surface area (Å²) in [6.07, 6.45) is 71.1. The van der Waals surface area contributed by atoms with Crippen LogP contribution >= 0.6 is 7.82 Å². The van der Waals surface area contributed by atoms with Crippen molar-refractivity contribution in [2.45, 2.75) is 341 Å². The van der Waals surface area contributed by atoms with Gasteiger partial charge in [-0.2, -0.15) is 0 Å². The first-order valence-corrected chi connectivity index (χ1v) is 33.7. The van der Waals surface area contributed by atoms with Crippen molar-refractivity contribution < 1.29 is 32.9 Å². The number of hydrogen-bond donors (Lipinski definition) is 3. The van der Waals surface area contributed by atoms with Gasteiger partial charge in [0.05, 0.1) is 39.9 Å². The van der Waals surface area contributed by atoms with Crippen LogP contribution < -0.4 is 5.32 Å². The fraction of sp³-hybridized carbons (Fsp3) is 0.922. The number of carbonyl (C=O) groups excluding carboxylic acids is 1. The molecule has 0 aromatic heterocycles. The molecule has 0 aromatic rings. The third kappa shape index (κ3) is 58.5. The molecule has 0 fully saturated rings. The second-order valence-electron chi connectivity index (χ2n) is 23.5. The van der Waals surface area contributed by atoms with Crippen molar-refractivity contribution in [3.05, 3.63) is 24.3 Å². The van der Waals surface area contributed by atoms with Crippen molar-refractivity contribution >= 4 is 13.7 Å². The van der Waals surface area contributed by atoms with Crippen molar-refractivity contribution in [3.63, 3.8) is 0 Å². The lowest BCUT2D eigenvalue weighted by Crippen LogP contribution is -2.46. The van der Waals surface area contributed by atoms with Gasteiger partial charge in [-0.05, 0) is 44.9 Å². The van der Waals surface area contributed by atoms with Gasteiger partial charge in [-0.25, -0.2) is 4.57 Å². The number of phosphoric ester groups is 1. The summed E-state index contributed by atoms with van der Waals surface area (Å²) < 4.78 is 23.8. The van der Waals surface area contributed by atoms with Crippen LogP contribution in [0.1, 0.15) is 328 Å². The van der Waals surface area contributed by atoms with Gasteiger partial charge in [0.2, 0.25) is 5.91 Å². The maximum atomic E-state index is 13.0. The summed E-state index contributed by atoms with van der Waals surface area (Å²) in [5.41, 5.74) is 0. The maximum Gasteiger partial charge on any atom is 0.472 e. The van der Waals surface area contributed by atoms with E-state index >= 15 is 0 Å². The topological polar surface area (TPSA) is 105 Å². The Morgan fingerprint density at radius 2 is 0.781 bits per heavy atom. The number of nitrogens with one attached hydrogen (secondary N) is 1. The second kappa shape index (κ2) is 55.7. The molecule has 3 unspecified atom stereocenters. The molecule has 73 heavy (non-hydrogen) atoms. The molecule has 3 N–H and O–H groups in total. The van der Waals surface area contributed by atoms with E-state index in [2.05, 4.69) is 43.5 Å². The van der Waals surface area contributed by atoms with E-state index in [1.807, 2.05) is 21.1 Å². The van der Waals surface area contributed by atoms with E-state index in [-0.39, 0.29) is 19.1 Å². The molecule has 9 heteroatoms. The maximum absolute atomic E-state index is 13.0. The Hall–Kier alpha value is -1.02. The standard InChI is InChI=1S/C64H127N2O6P/c1-6-8-10-12-14-16-18-20-22-24-26-28-29-30-31-32-33-34-35-36-37-38-40-42-44-46-48-50-52-54-56-58-64(68)65-62(61-72-73(69,70)71-60-59-66(3,4)5)63(67)57-55-53-51-49-47-45-43-41-39-27-25-23-21-19-17-15-13-11-9-7-2/h18,20,24,26,62-63,67H,6-17,19,21-23,25,27-61H2,1-5H3,(H-,65,68,69,70)/p+1/b20-18-,26-24-. The Kier molecular flexibility index (Phi) is 54.9. The van der Waals surface area contributed by atoms with Crippen LogP contribution in [0, 0.1) is 0 Å². The predicted molar refractivity (Wildman–Crippen MR) is 318 cm³/mol. The largest absolute Gasteiger partial charge is 0.472 e. The predicted octanol–water partition coefficient (Wildman–Crippen LogP) is 19.9. The molecule has 0 aliphatic rings. The number of nitrogens with zero attached hydrogens (tertiary/aromatic N) is 1. The van der Waals surface area contributed by atoms with Gasteiger partial charge in [0.25, 0.3) is 0 Å². The number of carbonyl (C=O) groups is 1. The molecule has 0 aliphatic carbocycles. The Bertz CT molecular complexity index is 1240. The third-order valence-corrected chi connectivity index (χ3v) is 15.9. The number of unbranched alkanes of at least 4 members (excludes halogenated alkanes) is 43. The lowest BCUT2D eigenvalue weighted by Gasteiger charge is -2.26. The molecule has 0 aromatic carbocycles. The molecular formula is C64H128N2O6P+. The van der Waals surface area contributed by atoms with Gasteiger partial charge in [-0.1, -0.05) is 301 Å². The van der Waals surface area contributed by atoms with Crippen molar-refractivity contribution in [2.24, 2.45) is 0 Å². The van der Waals surface area contributed by atoms with Crippen LogP contribution in [0.5, 0.6) is 0 Å². The molecule has 1 amide bonds. The average molecular weight is 1050 g/mol. The van der Waals surface area contributed by atoms with Gasteiger partial charge in [0.15, 0.2) is 0 Å². The summed E-state index contributed by atoms with van der Waals surface area (Å²) in [6, 6.07) is -0.759. The highest BCUT2D eigenvalue weighted by Gasteiger charge is 2.28. The lowest BCUT2D eigenvalue weighted by molar-refractivity contribution is -0.870. The number of phosphoric acid groups is 1. The van der Waals surface area contributed by atoms with Gasteiger partial charge in [0.1, 0.15) is 13.2 Å². The van der Waals surface area contributed by atoms with Crippen molar-refractivity contribution in [1.29, 1.82) is 0 Å². The van der Waals surface area contributed by atoms with Crippen LogP contribution in [0.2, 0.25) is 0 Å². The second-order valence-corrected chi connectivity index (χ2v) is 25.0. The smallest absolute Gasteiger partial charge is 0.391 e. The van der Waals surface area contributed by atoms with E-state index in [1.54, 1.807) is 0 Å². The van der Waals surface area contributed by atoms with E-state index in [0.717, 1.165) is 44.9 Å². The van der Waals surface area contributed by atoms with Crippen LogP contribution in [-0.2, 0) is 18.4 Å². The zero-order valence-corrected chi connectivity index (χ0v) is 50.5. The summed E-state index contributed by atoms with van der Waals surface area (Å²) in [5.74, 6) is -0.137. The Labute approximate surface area is 455 Å². The third-order valence-electron chi connectivity index (χ3n) is 15.0. The molecule has 0 spiro atoms. The van der Waals surface area contributed by atoms with Gasteiger partial charge >= 0.3 is 7.82 Å². The van der Waals surface area contributed by atoms with Crippen LogP contribution in [0.4, 0.5) is 0 Å². The Balaban J connectivity index is 4.02. The average Bonchev–Trinajstić information content (AvgIpc) is 3.35. The van der Waals surface area contributed by atoms with Crippen LogP contribution in [0.25, 0.3) is 0 Å². The van der Waals surface area contributed by atoms with E-state index in [1.165, 1.54) is 257 Å². The number of quaternary nitrogens is 1. The number of hydrogen-bond acceptors (Lipinski definition) is 5. The minimum absolute atomic E-state index is 0.0774. The quantitative estimate of drug-likeness (QED) is 0.0243. The molecule has 0 aliphatic heterocycles. The Morgan fingerprint density at radius 3 is 1.12 bits per heavy atom. The highest BCUT2D eigenvalue weighted by atomic mass is 31.2. The molecule has 8 nitrogen and oxygen atoms in total. The number of likely N-dealkylation sites (N-methyl/N-ethyl adjacent to an activating group) is 1. The highest BCUT2D eigenvalue weighted by molar-refractivity contribution is 7.47. The first-order valence-electron chi connectivity index (χ1n) is 32.2. The normalized spacial score (nSPS) is 13.9. The highest BCUT2D eigenvalue weighted by Crippen LogP contribution is 2.43. The van der Waals surface area contributed by atoms with E-state index in [0.29, 0.717) is 23.9 Å². The zero-order valence-electron chi connectivity index (χ0n) is 49.7. The molecule has 0 saturated carbocycles. The summed E-state index contributed by atoms with van der Waals surface area (Å²) in [4.78, 5) is 23.4. The molecular weight excluding hydrogens is 924 g/mol. The number of amides is 1. The SMILES string of the molecule is CCCCCCC/C=C\C/C=C\CCCCCCCCCCCCCCCCCCCCCC(=O)NC(COP(=O)(O)OCC[N+](C)(C)C)C(O)CCCCCCCCCCCCCCCCCCCCCC. The summed E-state index contributed by atoms with van der Waals surface area (Å²) in [7, 11) is 1.63. The number of allylic oxidation sites excluding steroid dienone is 4. The van der Waals surface area contributed by atoms with Crippen LogP contribution in [-0.4, -0.2) is 73.4 Å². The molecule has 0 saturated heterocycles. The van der Waals surface area contributed by atoms with Gasteiger partial charge < -0.3 is 19.8 Å². The summed E-state index contributed by atoms with van der Waals surface area (Å²) in [6.45, 7) is 4.93. The molecule has 0 rings (SSSR count). The fourth-order valence-corrected chi connectivity index (χ4v) is 10.6. The van der Waals surface area contributed by atoms with Crippen LogP contribution in [0.15, 0.2) is 24.3 Å². The number of aliphatic hydroxyl groups excluding tert-OH is 1. The van der Waals surface area contributed by atoms with Gasteiger partial charge in [-0.15, -0.1) is 0 Å². The molecule has 3 atom stereocenters. The lowest BCUT2D eigenvalue weighted by atomic mass is 10.0.